The zero-order chi connectivity index (χ0) is 7.86. The number of hydrogen-bond acceptors (Lipinski definition) is 3. The van der Waals surface area contributed by atoms with Crippen molar-refractivity contribution in [2.75, 3.05) is 6.61 Å². The lowest BCUT2D eigenvalue weighted by Gasteiger charge is -1.90. The van der Waals surface area contributed by atoms with Crippen LogP contribution in [0.2, 0.25) is 0 Å². The highest BCUT2D eigenvalue weighted by Crippen LogP contribution is 1.83. The summed E-state index contributed by atoms with van der Waals surface area (Å²) in [7, 11) is 3.83. The first-order chi connectivity index (χ1) is 4.00. The van der Waals surface area contributed by atoms with Crippen LogP contribution in [-0.2, 0) is 0 Å². The molecular formula is C5H11NO3. The average molecular weight is 133 g/mol. The minimum Gasteiger partial charge on any atom is -0.396 e. The summed E-state index contributed by atoms with van der Waals surface area (Å²) in [4.78, 5) is 7.58. The summed E-state index contributed by atoms with van der Waals surface area (Å²) in [5, 5.41) is 16.7. The van der Waals surface area contributed by atoms with E-state index in [-0.39, 0.29) is 0 Å². The summed E-state index contributed by atoms with van der Waals surface area (Å²) < 4.78 is 0. The van der Waals surface area contributed by atoms with Crippen LogP contribution in [0, 0.1) is 23.1 Å². The van der Waals surface area contributed by atoms with Gasteiger partial charge in [0, 0.05) is 11.5 Å². The van der Waals surface area contributed by atoms with Crippen LogP contribution in [0.15, 0.2) is 0 Å². The lowest BCUT2D eigenvalue weighted by Crippen LogP contribution is -1.90. The van der Waals surface area contributed by atoms with E-state index in [1.807, 2.05) is 13.8 Å². The molecule has 0 rings (SSSR count). The third-order valence-corrected chi connectivity index (χ3v) is 0.365. The molecule has 0 aromatic heterocycles. The molecule has 0 aliphatic heterocycles. The monoisotopic (exact) mass is 133 g/mol. The van der Waals surface area contributed by atoms with Gasteiger partial charge in [-0.3, -0.25) is 10.1 Å². The Labute approximate surface area is 54.7 Å². The van der Waals surface area contributed by atoms with Crippen molar-refractivity contribution in [3.63, 3.8) is 0 Å². The smallest absolute Gasteiger partial charge is 0.359 e. The zero-order valence-electron chi connectivity index (χ0n) is 5.57. The van der Waals surface area contributed by atoms with Crippen molar-refractivity contribution in [1.82, 2.24) is 0 Å². The quantitative estimate of drug-likeness (QED) is 0.323. The Balaban J connectivity index is 0. The highest BCUT2D eigenvalue weighted by atomic mass is 16.6. The predicted molar refractivity (Wildman–Crippen MR) is 33.2 cm³/mol. The molecule has 0 saturated heterocycles. The van der Waals surface area contributed by atoms with Crippen molar-refractivity contribution in [3.8, 4) is 0 Å². The molecule has 0 fully saturated rings. The number of rotatable bonds is 1. The summed E-state index contributed by atoms with van der Waals surface area (Å²) >= 11 is 0. The van der Waals surface area contributed by atoms with E-state index >= 15 is 0 Å². The molecule has 4 nitrogen and oxygen atoms in total. The molecule has 2 radical (unpaired) electrons. The lowest BCUT2D eigenvalue weighted by atomic mass is 10.2. The second-order valence-corrected chi connectivity index (χ2v) is 1.86. The van der Waals surface area contributed by atoms with Crippen LogP contribution in [0.1, 0.15) is 13.8 Å². The van der Waals surface area contributed by atoms with Gasteiger partial charge in [0.1, 0.15) is 0 Å². The number of hydrogen-bond donors (Lipinski definition) is 1. The molecule has 4 heteroatoms. The van der Waals surface area contributed by atoms with Gasteiger partial charge in [-0.1, -0.05) is 13.8 Å². The summed E-state index contributed by atoms with van der Waals surface area (Å²) in [5.41, 5.74) is 0. The number of nitro groups is 1. The first-order valence-electron chi connectivity index (χ1n) is 2.50. The van der Waals surface area contributed by atoms with Crippen molar-refractivity contribution >= 4 is 0 Å². The van der Waals surface area contributed by atoms with Gasteiger partial charge < -0.3 is 5.11 Å². The van der Waals surface area contributed by atoms with Gasteiger partial charge in [-0.2, -0.15) is 0 Å². The molecule has 0 atom stereocenters. The Morgan fingerprint density at radius 1 is 1.78 bits per heavy atom. The second kappa shape index (κ2) is 7.36. The highest BCUT2D eigenvalue weighted by Gasteiger charge is 1.81. The van der Waals surface area contributed by atoms with Gasteiger partial charge in [0.05, 0.1) is 0 Å². The van der Waals surface area contributed by atoms with Crippen molar-refractivity contribution in [2.24, 2.45) is 5.92 Å². The van der Waals surface area contributed by atoms with E-state index in [2.05, 4.69) is 7.05 Å². The van der Waals surface area contributed by atoms with Crippen LogP contribution < -0.4 is 0 Å². The normalized spacial score (nSPS) is 8.11. The number of aliphatic hydroxyl groups is 1. The largest absolute Gasteiger partial charge is 0.396 e. The van der Waals surface area contributed by atoms with Crippen molar-refractivity contribution < 1.29 is 10.0 Å². The van der Waals surface area contributed by atoms with Crippen LogP contribution in [0.3, 0.4) is 0 Å². The molecule has 0 spiro atoms. The molecule has 54 valence electrons. The van der Waals surface area contributed by atoms with Gasteiger partial charge in [-0.25, -0.2) is 0 Å². The number of aliphatic hydroxyl groups excluding tert-OH is 1. The Bertz CT molecular complexity index is 68.6. The van der Waals surface area contributed by atoms with Gasteiger partial charge in [0.2, 0.25) is 0 Å². The van der Waals surface area contributed by atoms with Gasteiger partial charge >= 0.3 is 7.05 Å². The van der Waals surface area contributed by atoms with Gasteiger partial charge in [0.15, 0.2) is 0 Å². The molecule has 0 unspecified atom stereocenters. The standard InChI is InChI=1S/C4H10O.CHNO2/c1-4(2)3-5;1-2(3)4/h4-5H,3H2,1-2H3;1H. The summed E-state index contributed by atoms with van der Waals surface area (Å²) in [6.07, 6.45) is 0. The molecule has 0 aliphatic rings. The minimum atomic E-state index is -1.00. The average Bonchev–Trinajstić information content (AvgIpc) is 1.65. The van der Waals surface area contributed by atoms with Gasteiger partial charge in [-0.15, -0.1) is 0 Å². The van der Waals surface area contributed by atoms with Crippen molar-refractivity contribution in [2.45, 2.75) is 13.8 Å². The minimum absolute atomic E-state index is 0.306. The maximum absolute atomic E-state index is 8.58. The van der Waals surface area contributed by atoms with E-state index in [9.17, 15) is 0 Å². The molecule has 0 aromatic carbocycles. The Morgan fingerprint density at radius 2 is 1.89 bits per heavy atom. The Kier molecular flexibility index (Phi) is 9.16. The molecular weight excluding hydrogens is 122 g/mol. The fraction of sp³-hybridized carbons (Fsp3) is 0.800. The topological polar surface area (TPSA) is 63.4 Å². The fourth-order valence-corrected chi connectivity index (χ4v) is 0. The third kappa shape index (κ3) is 114. The molecule has 0 saturated carbocycles. The molecule has 0 amide bonds. The zero-order valence-corrected chi connectivity index (χ0v) is 5.57. The molecule has 0 aromatic rings. The van der Waals surface area contributed by atoms with Crippen molar-refractivity contribution in [3.05, 3.63) is 17.2 Å². The predicted octanol–water partition coefficient (Wildman–Crippen LogP) is 0.566. The lowest BCUT2D eigenvalue weighted by molar-refractivity contribution is -0.410. The van der Waals surface area contributed by atoms with E-state index in [1.165, 1.54) is 0 Å². The van der Waals surface area contributed by atoms with Crippen LogP contribution in [0.5, 0.6) is 0 Å². The van der Waals surface area contributed by atoms with Crippen LogP contribution in [0.4, 0.5) is 0 Å². The van der Waals surface area contributed by atoms with Crippen LogP contribution in [0.25, 0.3) is 0 Å². The summed E-state index contributed by atoms with van der Waals surface area (Å²) in [6.45, 7) is 4.25. The first-order valence-corrected chi connectivity index (χ1v) is 2.50. The Morgan fingerprint density at radius 3 is 1.89 bits per heavy atom. The highest BCUT2D eigenvalue weighted by molar-refractivity contribution is 4.32. The molecule has 0 heterocycles. The van der Waals surface area contributed by atoms with Crippen LogP contribution in [-0.4, -0.2) is 16.6 Å². The summed E-state index contributed by atoms with van der Waals surface area (Å²) in [6, 6.07) is 0. The van der Waals surface area contributed by atoms with E-state index in [1.54, 1.807) is 0 Å². The molecule has 0 aliphatic carbocycles. The molecule has 1 N–H and O–H groups in total. The third-order valence-electron chi connectivity index (χ3n) is 0.365. The van der Waals surface area contributed by atoms with Crippen molar-refractivity contribution in [1.29, 1.82) is 0 Å². The van der Waals surface area contributed by atoms with Gasteiger partial charge in [-0.05, 0) is 5.92 Å². The molecule has 9 heavy (non-hydrogen) atoms. The fourth-order valence-electron chi connectivity index (χ4n) is 0. The molecule has 0 bridgehead atoms. The maximum Gasteiger partial charge on any atom is 0.359 e. The van der Waals surface area contributed by atoms with Gasteiger partial charge in [0.25, 0.3) is 0 Å². The number of nitrogens with zero attached hydrogens (tertiary/aromatic N) is 1. The SMILES string of the molecule is CC(C)CO.[CH][N+](=O)[O-]. The van der Waals surface area contributed by atoms with E-state index < -0.39 is 4.92 Å². The van der Waals surface area contributed by atoms with E-state index in [0.717, 1.165) is 0 Å². The second-order valence-electron chi connectivity index (χ2n) is 1.86. The summed E-state index contributed by atoms with van der Waals surface area (Å²) in [5.74, 6) is 0.440. The maximum atomic E-state index is 8.58. The van der Waals surface area contributed by atoms with E-state index in [4.69, 9.17) is 15.2 Å². The van der Waals surface area contributed by atoms with E-state index in [0.29, 0.717) is 12.5 Å². The van der Waals surface area contributed by atoms with Crippen LogP contribution >= 0.6 is 0 Å². The Hall–Kier alpha value is -0.640. The first kappa shape index (κ1) is 11.2.